The minimum atomic E-state index is -3.84. The molecule has 1 saturated heterocycles. The summed E-state index contributed by atoms with van der Waals surface area (Å²) >= 11 is 0. The Labute approximate surface area is 195 Å². The van der Waals surface area contributed by atoms with Gasteiger partial charge in [0.15, 0.2) is 11.6 Å². The average molecular weight is 504 g/mol. The van der Waals surface area contributed by atoms with Crippen LogP contribution in [0.1, 0.15) is 23.1 Å². The molecule has 0 N–H and O–H groups in total. The molecule has 0 spiro atoms. The molecule has 188 valence electrons. The Hall–Kier alpha value is -3.44. The normalized spacial score (nSPS) is 15.3. The highest BCUT2D eigenvalue weighted by Gasteiger charge is 2.46. The number of barbiturate groups is 1. The molecule has 0 aromatic heterocycles. The fraction of sp³-hybridized carbons (Fsp3) is 0.348. The molecule has 1 aliphatic heterocycles. The first-order valence-electron chi connectivity index (χ1n) is 10.3. The van der Waals surface area contributed by atoms with Crippen molar-refractivity contribution in [2.45, 2.75) is 38.0 Å². The lowest BCUT2D eigenvalue weighted by molar-refractivity contribution is -0.149. The number of hydrogen-bond acceptors (Lipinski definition) is 3. The number of urea groups is 1. The summed E-state index contributed by atoms with van der Waals surface area (Å²) in [4.78, 5) is 36.8. The lowest BCUT2D eigenvalue weighted by atomic mass is 10.0. The number of hydrogen-bond donors (Lipinski definition) is 0. The molecule has 2 aromatic rings. The number of imide groups is 2. The Morgan fingerprint density at radius 2 is 1.17 bits per heavy atom. The second kappa shape index (κ2) is 9.67. The quantitative estimate of drug-likeness (QED) is 0.389. The molecule has 0 unspecified atom stereocenters. The Morgan fingerprint density at radius 1 is 0.714 bits per heavy atom. The van der Waals surface area contributed by atoms with Gasteiger partial charge < -0.3 is 0 Å². The number of aryl methyl sites for hydroxylation is 1. The number of nitrogens with zero attached hydrogens (tertiary/aromatic N) is 2. The number of halogens is 7. The van der Waals surface area contributed by atoms with Crippen molar-refractivity contribution in [3.05, 3.63) is 70.5 Å². The van der Waals surface area contributed by atoms with Crippen LogP contribution in [0, 0.1) is 24.4 Å². The Morgan fingerprint density at radius 3 is 1.63 bits per heavy atom. The number of carbonyl (C=O) groups excluding carboxylic acids is 3. The smallest absolute Gasteiger partial charge is 0.274 e. The van der Waals surface area contributed by atoms with Crippen LogP contribution in [-0.4, -0.2) is 52.6 Å². The molecule has 0 saturated carbocycles. The van der Waals surface area contributed by atoms with Crippen LogP contribution in [0.4, 0.5) is 35.5 Å². The van der Waals surface area contributed by atoms with Gasteiger partial charge in [0.2, 0.25) is 11.8 Å². The van der Waals surface area contributed by atoms with Gasteiger partial charge in [-0.15, -0.1) is 0 Å². The van der Waals surface area contributed by atoms with E-state index in [-0.39, 0.29) is 26.5 Å². The lowest BCUT2D eigenvalue weighted by Crippen LogP contribution is -2.60. The van der Waals surface area contributed by atoms with Crippen molar-refractivity contribution in [1.29, 1.82) is 0 Å². The zero-order valence-corrected chi connectivity index (χ0v) is 18.3. The number of rotatable bonds is 8. The van der Waals surface area contributed by atoms with Crippen molar-refractivity contribution in [2.75, 3.05) is 13.1 Å². The summed E-state index contributed by atoms with van der Waals surface area (Å²) in [5.74, 6) is -13.4. The van der Waals surface area contributed by atoms with Crippen LogP contribution in [0.25, 0.3) is 0 Å². The first kappa shape index (κ1) is 26.2. The third-order valence-electron chi connectivity index (χ3n) is 5.28. The molecule has 5 nitrogen and oxygen atoms in total. The minimum absolute atomic E-state index is 0.0109. The molecule has 2 aromatic carbocycles. The van der Waals surface area contributed by atoms with Gasteiger partial charge in [-0.05, 0) is 41.8 Å². The molecule has 35 heavy (non-hydrogen) atoms. The second-order valence-electron chi connectivity index (χ2n) is 8.32. The van der Waals surface area contributed by atoms with E-state index < -0.39 is 79.5 Å². The van der Waals surface area contributed by atoms with Gasteiger partial charge in [-0.25, -0.2) is 35.5 Å². The maximum absolute atomic E-state index is 14.6. The summed E-state index contributed by atoms with van der Waals surface area (Å²) in [5, 5.41) is 0. The molecule has 0 atom stereocenters. The van der Waals surface area contributed by atoms with Gasteiger partial charge in [0.1, 0.15) is 12.2 Å². The second-order valence-corrected chi connectivity index (χ2v) is 8.32. The topological polar surface area (TPSA) is 57.7 Å². The van der Waals surface area contributed by atoms with Gasteiger partial charge >= 0.3 is 6.03 Å². The van der Waals surface area contributed by atoms with Gasteiger partial charge in [-0.2, -0.15) is 0 Å². The predicted octanol–water partition coefficient (Wildman–Crippen LogP) is 4.65. The molecule has 4 amide bonds. The maximum Gasteiger partial charge on any atom is 0.333 e. The van der Waals surface area contributed by atoms with E-state index in [4.69, 9.17) is 0 Å². The zero-order valence-electron chi connectivity index (χ0n) is 18.3. The monoisotopic (exact) mass is 504 g/mol. The number of amides is 4. The first-order chi connectivity index (χ1) is 16.2. The maximum atomic E-state index is 14.6. The standard InChI is InChI=1S/C23H19F7N2O3/c1-13-6-14(2-4-16(13)24)9-22(27,28)11-31-19(33)8-20(34)32(21(31)35)12-23(29,30)10-15-3-5-17(25)18(26)7-15/h2-7H,8-12H2,1H3. The lowest BCUT2D eigenvalue weighted by Gasteiger charge is -2.36. The number of carbonyl (C=O) groups is 3. The molecular weight excluding hydrogens is 485 g/mol. The van der Waals surface area contributed by atoms with Crippen LogP contribution in [0.3, 0.4) is 0 Å². The summed E-state index contributed by atoms with van der Waals surface area (Å²) in [6.45, 7) is -1.69. The molecule has 0 bridgehead atoms. The SMILES string of the molecule is Cc1cc(CC(F)(F)CN2C(=O)CC(=O)N(CC(F)(F)Cc3ccc(F)c(F)c3)C2=O)ccc1F. The molecule has 3 rings (SSSR count). The van der Waals surface area contributed by atoms with E-state index in [0.717, 1.165) is 24.3 Å². The Bertz CT molecular complexity index is 1080. The fourth-order valence-electron chi connectivity index (χ4n) is 3.63. The van der Waals surface area contributed by atoms with Crippen molar-refractivity contribution in [1.82, 2.24) is 9.80 Å². The van der Waals surface area contributed by atoms with Crippen LogP contribution in [0.5, 0.6) is 0 Å². The molecule has 1 fully saturated rings. The van der Waals surface area contributed by atoms with Gasteiger partial charge in [0.05, 0.1) is 13.1 Å². The van der Waals surface area contributed by atoms with E-state index in [9.17, 15) is 45.1 Å². The van der Waals surface area contributed by atoms with Crippen molar-refractivity contribution < 1.29 is 45.1 Å². The number of benzene rings is 2. The average Bonchev–Trinajstić information content (AvgIpc) is 2.73. The van der Waals surface area contributed by atoms with Crippen LogP contribution >= 0.6 is 0 Å². The summed E-state index contributed by atoms with van der Waals surface area (Å²) in [6.07, 6.45) is -3.25. The van der Waals surface area contributed by atoms with Crippen molar-refractivity contribution in [3.63, 3.8) is 0 Å². The van der Waals surface area contributed by atoms with Gasteiger partial charge in [-0.3, -0.25) is 19.4 Å². The molecule has 1 aliphatic rings. The van der Waals surface area contributed by atoms with E-state index in [0.29, 0.717) is 12.1 Å². The molecular formula is C23H19F7N2O3. The highest BCUT2D eigenvalue weighted by molar-refractivity contribution is 6.14. The highest BCUT2D eigenvalue weighted by atomic mass is 19.3. The van der Waals surface area contributed by atoms with Crippen molar-refractivity contribution >= 4 is 17.8 Å². The first-order valence-corrected chi connectivity index (χ1v) is 10.3. The molecule has 0 radical (unpaired) electrons. The Balaban J connectivity index is 1.73. The van der Waals surface area contributed by atoms with Gasteiger partial charge in [0, 0.05) is 12.8 Å². The zero-order chi connectivity index (χ0) is 26.1. The third kappa shape index (κ3) is 6.37. The van der Waals surface area contributed by atoms with Crippen LogP contribution in [-0.2, 0) is 22.4 Å². The fourth-order valence-corrected chi connectivity index (χ4v) is 3.63. The van der Waals surface area contributed by atoms with Crippen LogP contribution in [0.2, 0.25) is 0 Å². The van der Waals surface area contributed by atoms with E-state index in [1.54, 1.807) is 0 Å². The Kier molecular flexibility index (Phi) is 7.23. The summed E-state index contributed by atoms with van der Waals surface area (Å²) in [6, 6.07) is 3.64. The summed E-state index contributed by atoms with van der Waals surface area (Å²) in [5.41, 5.74) is -0.222. The predicted molar refractivity (Wildman–Crippen MR) is 108 cm³/mol. The highest BCUT2D eigenvalue weighted by Crippen LogP contribution is 2.28. The summed E-state index contributed by atoms with van der Waals surface area (Å²) < 4.78 is 98.1. The van der Waals surface area contributed by atoms with E-state index in [1.165, 1.54) is 6.92 Å². The van der Waals surface area contributed by atoms with Crippen molar-refractivity contribution in [3.8, 4) is 0 Å². The summed E-state index contributed by atoms with van der Waals surface area (Å²) in [7, 11) is 0. The van der Waals surface area contributed by atoms with Gasteiger partial charge in [0.25, 0.3) is 11.8 Å². The van der Waals surface area contributed by atoms with E-state index in [2.05, 4.69) is 0 Å². The third-order valence-corrected chi connectivity index (χ3v) is 5.28. The minimum Gasteiger partial charge on any atom is -0.274 e. The van der Waals surface area contributed by atoms with Crippen LogP contribution < -0.4 is 0 Å². The van der Waals surface area contributed by atoms with Crippen molar-refractivity contribution in [2.24, 2.45) is 0 Å². The van der Waals surface area contributed by atoms with Gasteiger partial charge in [-0.1, -0.05) is 18.2 Å². The molecule has 1 heterocycles. The van der Waals surface area contributed by atoms with E-state index >= 15 is 0 Å². The largest absolute Gasteiger partial charge is 0.333 e. The van der Waals surface area contributed by atoms with Crippen LogP contribution in [0.15, 0.2) is 36.4 Å². The number of alkyl halides is 4. The molecule has 12 heteroatoms. The van der Waals surface area contributed by atoms with E-state index in [1.807, 2.05) is 0 Å². The molecule has 0 aliphatic carbocycles.